The lowest BCUT2D eigenvalue weighted by atomic mass is 9.82. The molecule has 0 bridgehead atoms. The van der Waals surface area contributed by atoms with Crippen molar-refractivity contribution in [3.05, 3.63) is 47.1 Å². The molecule has 9 heteroatoms. The smallest absolute Gasteiger partial charge is 0.281 e. The maximum atomic E-state index is 13.0. The van der Waals surface area contributed by atoms with Gasteiger partial charge in [-0.1, -0.05) is 31.5 Å². The first-order chi connectivity index (χ1) is 15.0. The molecule has 1 amide bonds. The maximum Gasteiger partial charge on any atom is 0.281 e. The first kappa shape index (κ1) is 22.9. The molecule has 2 heterocycles. The minimum Gasteiger partial charge on any atom is -0.475 e. The lowest BCUT2D eigenvalue weighted by Crippen LogP contribution is -2.44. The Hall–Kier alpha value is -2.32. The van der Waals surface area contributed by atoms with E-state index in [2.05, 4.69) is 28.5 Å². The number of carbonyl (C=O) groups is 1. The number of pyridine rings is 1. The van der Waals surface area contributed by atoms with Gasteiger partial charge in [-0.2, -0.15) is 8.42 Å². The molecular formula is C23H28ClN3O4S. The molecule has 4 rings (SSSR count). The number of hydrogen-bond donors (Lipinski definition) is 1. The number of halogens is 1. The van der Waals surface area contributed by atoms with Crippen molar-refractivity contribution in [1.82, 2.24) is 9.71 Å². The molecule has 7 nitrogen and oxygen atoms in total. The molecule has 0 atom stereocenters. The van der Waals surface area contributed by atoms with Gasteiger partial charge < -0.3 is 9.64 Å². The van der Waals surface area contributed by atoms with Crippen LogP contribution < -0.4 is 14.4 Å². The molecule has 172 valence electrons. The summed E-state index contributed by atoms with van der Waals surface area (Å²) in [6.45, 7) is 7.96. The number of nitrogens with one attached hydrogen (secondary N) is 1. The monoisotopic (exact) mass is 477 g/mol. The van der Waals surface area contributed by atoms with Gasteiger partial charge in [-0.25, -0.2) is 9.71 Å². The Balaban J connectivity index is 1.54. The van der Waals surface area contributed by atoms with E-state index in [9.17, 15) is 13.2 Å². The van der Waals surface area contributed by atoms with Gasteiger partial charge in [0, 0.05) is 42.7 Å². The minimum atomic E-state index is -4.10. The summed E-state index contributed by atoms with van der Waals surface area (Å²) < 4.78 is 33.7. The van der Waals surface area contributed by atoms with Gasteiger partial charge in [-0.05, 0) is 49.4 Å². The van der Waals surface area contributed by atoms with E-state index < -0.39 is 21.5 Å². The van der Waals surface area contributed by atoms with Crippen molar-refractivity contribution in [3.8, 4) is 5.75 Å². The Morgan fingerprint density at radius 1 is 1.12 bits per heavy atom. The summed E-state index contributed by atoms with van der Waals surface area (Å²) in [7, 11) is -4.10. The van der Waals surface area contributed by atoms with Crippen LogP contribution in [0.15, 0.2) is 41.4 Å². The van der Waals surface area contributed by atoms with Gasteiger partial charge in [0.1, 0.15) is 5.75 Å². The zero-order chi connectivity index (χ0) is 23.1. The minimum absolute atomic E-state index is 0.193. The average Bonchev–Trinajstić information content (AvgIpc) is 3.49. The summed E-state index contributed by atoms with van der Waals surface area (Å²) in [4.78, 5) is 19.2. The summed E-state index contributed by atoms with van der Waals surface area (Å²) >= 11 is 6.23. The number of benzene rings is 1. The number of nitrogens with zero attached hydrogens (tertiary/aromatic N) is 2. The number of amides is 1. The second-order valence-corrected chi connectivity index (χ2v) is 11.5. The Kier molecular flexibility index (Phi) is 5.88. The number of rotatable bonds is 6. The third-order valence-corrected chi connectivity index (χ3v) is 7.64. The molecule has 1 aromatic carbocycles. The van der Waals surface area contributed by atoms with Crippen molar-refractivity contribution < 1.29 is 17.9 Å². The van der Waals surface area contributed by atoms with E-state index in [-0.39, 0.29) is 5.03 Å². The standard InChI is InChI=1S/C23H28ClN3O4S/c1-16-5-4-6-20(25-16)32(29,30)26-21(28)23(9-10-23)31-19-15-17(24)7-8-18(19)27-13-11-22(2,3)12-14-27/h4-8,15H,9-14H2,1-3H3,(H,26,28). The third-order valence-electron chi connectivity index (χ3n) is 6.17. The predicted molar refractivity (Wildman–Crippen MR) is 124 cm³/mol. The van der Waals surface area contributed by atoms with E-state index in [1.54, 1.807) is 31.2 Å². The number of anilines is 1. The van der Waals surface area contributed by atoms with Crippen molar-refractivity contribution in [2.45, 2.75) is 57.1 Å². The average molecular weight is 478 g/mol. The van der Waals surface area contributed by atoms with Gasteiger partial charge in [0.05, 0.1) is 5.69 Å². The van der Waals surface area contributed by atoms with Gasteiger partial charge >= 0.3 is 0 Å². The molecule has 0 radical (unpaired) electrons. The summed E-state index contributed by atoms with van der Waals surface area (Å²) in [6, 6.07) is 10.0. The van der Waals surface area contributed by atoms with Gasteiger partial charge in [-0.3, -0.25) is 4.79 Å². The molecule has 32 heavy (non-hydrogen) atoms. The molecule has 1 aliphatic carbocycles. The number of aryl methyl sites for hydroxylation is 1. The number of carbonyl (C=O) groups excluding carboxylic acids is 1. The van der Waals surface area contributed by atoms with Crippen LogP contribution in [0.4, 0.5) is 5.69 Å². The second-order valence-electron chi connectivity index (χ2n) is 9.41. The highest BCUT2D eigenvalue weighted by atomic mass is 35.5. The van der Waals surface area contributed by atoms with Crippen molar-refractivity contribution in [2.75, 3.05) is 18.0 Å². The Morgan fingerprint density at radius 2 is 1.81 bits per heavy atom. The molecule has 0 unspecified atom stereocenters. The number of ether oxygens (including phenoxy) is 1. The topological polar surface area (TPSA) is 88.6 Å². The highest BCUT2D eigenvalue weighted by Crippen LogP contribution is 2.45. The molecule has 2 aromatic rings. The van der Waals surface area contributed by atoms with Crippen LogP contribution in [0.1, 0.15) is 45.2 Å². The van der Waals surface area contributed by atoms with E-state index in [0.717, 1.165) is 31.6 Å². The van der Waals surface area contributed by atoms with Crippen molar-refractivity contribution >= 4 is 33.2 Å². The fourth-order valence-electron chi connectivity index (χ4n) is 3.82. The summed E-state index contributed by atoms with van der Waals surface area (Å²) in [5.74, 6) is -0.192. The summed E-state index contributed by atoms with van der Waals surface area (Å²) in [6.07, 6.45) is 2.94. The number of sulfonamides is 1. The molecule has 2 fully saturated rings. The van der Waals surface area contributed by atoms with E-state index in [0.29, 0.717) is 34.7 Å². The van der Waals surface area contributed by atoms with Gasteiger partial charge in [0.2, 0.25) is 0 Å². The molecule has 1 saturated carbocycles. The first-order valence-electron chi connectivity index (χ1n) is 10.7. The zero-order valence-electron chi connectivity index (χ0n) is 18.5. The molecule has 2 aliphatic rings. The highest BCUT2D eigenvalue weighted by Gasteiger charge is 2.54. The van der Waals surface area contributed by atoms with Crippen LogP contribution in [0.2, 0.25) is 5.02 Å². The largest absolute Gasteiger partial charge is 0.475 e. The van der Waals surface area contributed by atoms with Crippen LogP contribution in [0, 0.1) is 12.3 Å². The lowest BCUT2D eigenvalue weighted by molar-refractivity contribution is -0.127. The van der Waals surface area contributed by atoms with E-state index in [1.807, 2.05) is 6.07 Å². The van der Waals surface area contributed by atoms with E-state index in [4.69, 9.17) is 16.3 Å². The SMILES string of the molecule is Cc1cccc(S(=O)(=O)NC(=O)C2(Oc3cc(Cl)ccc3N3CCC(C)(C)CC3)CC2)n1. The van der Waals surface area contributed by atoms with E-state index >= 15 is 0 Å². The van der Waals surface area contributed by atoms with Gasteiger partial charge in [0.25, 0.3) is 15.9 Å². The summed E-state index contributed by atoms with van der Waals surface area (Å²) in [5, 5.41) is 0.301. The van der Waals surface area contributed by atoms with Crippen molar-refractivity contribution in [3.63, 3.8) is 0 Å². The molecule has 1 aliphatic heterocycles. The van der Waals surface area contributed by atoms with Crippen molar-refractivity contribution in [1.29, 1.82) is 0 Å². The normalized spacial score (nSPS) is 19.3. The first-order valence-corrected chi connectivity index (χ1v) is 12.6. The second kappa shape index (κ2) is 8.23. The predicted octanol–water partition coefficient (Wildman–Crippen LogP) is 4.09. The molecule has 0 spiro atoms. The van der Waals surface area contributed by atoms with Crippen LogP contribution >= 0.6 is 11.6 Å². The van der Waals surface area contributed by atoms with E-state index in [1.165, 1.54) is 6.07 Å². The van der Waals surface area contributed by atoms with Crippen LogP contribution in [0.3, 0.4) is 0 Å². The Labute approximate surface area is 194 Å². The number of hydrogen-bond acceptors (Lipinski definition) is 6. The fraction of sp³-hybridized carbons (Fsp3) is 0.478. The number of aromatic nitrogens is 1. The number of piperidine rings is 1. The molecule has 1 aromatic heterocycles. The zero-order valence-corrected chi connectivity index (χ0v) is 20.1. The Bertz CT molecular complexity index is 1140. The highest BCUT2D eigenvalue weighted by molar-refractivity contribution is 7.90. The van der Waals surface area contributed by atoms with Crippen LogP contribution in [0.25, 0.3) is 0 Å². The van der Waals surface area contributed by atoms with Crippen LogP contribution in [0.5, 0.6) is 5.75 Å². The van der Waals surface area contributed by atoms with Crippen LogP contribution in [-0.4, -0.2) is 38.0 Å². The third kappa shape index (κ3) is 4.86. The fourth-order valence-corrected chi connectivity index (χ4v) is 5.04. The lowest BCUT2D eigenvalue weighted by Gasteiger charge is -2.39. The Morgan fingerprint density at radius 3 is 2.44 bits per heavy atom. The summed E-state index contributed by atoms with van der Waals surface area (Å²) in [5.41, 5.74) is 0.476. The maximum absolute atomic E-state index is 13.0. The molecular weight excluding hydrogens is 450 g/mol. The van der Waals surface area contributed by atoms with Crippen LogP contribution in [-0.2, 0) is 14.8 Å². The van der Waals surface area contributed by atoms with Crippen molar-refractivity contribution in [2.24, 2.45) is 5.41 Å². The van der Waals surface area contributed by atoms with Gasteiger partial charge in [0.15, 0.2) is 10.6 Å². The quantitative estimate of drug-likeness (QED) is 0.674. The molecule has 1 N–H and O–H groups in total. The van der Waals surface area contributed by atoms with Gasteiger partial charge in [-0.15, -0.1) is 0 Å². The molecule has 1 saturated heterocycles.